The summed E-state index contributed by atoms with van der Waals surface area (Å²) in [5.74, 6) is 0.808. The maximum atomic E-state index is 13.4. The smallest absolute Gasteiger partial charge is 0.265 e. The van der Waals surface area contributed by atoms with E-state index in [4.69, 9.17) is 21.1 Å². The molecule has 213 valence electrons. The molecule has 0 saturated heterocycles. The van der Waals surface area contributed by atoms with E-state index in [0.29, 0.717) is 30.7 Å². The fourth-order valence-electron chi connectivity index (χ4n) is 6.52. The zero-order valence-corrected chi connectivity index (χ0v) is 24.6. The van der Waals surface area contributed by atoms with Crippen molar-refractivity contribution in [1.29, 1.82) is 0 Å². The molecule has 0 unspecified atom stereocenters. The van der Waals surface area contributed by atoms with E-state index in [1.54, 1.807) is 26.0 Å². The Kier molecular flexibility index (Phi) is 7.16. The quantitative estimate of drug-likeness (QED) is 0.458. The lowest BCUT2D eigenvalue weighted by atomic mass is 9.69. The van der Waals surface area contributed by atoms with Crippen LogP contribution in [0, 0.1) is 18.3 Å². The number of hydrogen-bond acceptors (Lipinski definition) is 6. The summed E-state index contributed by atoms with van der Waals surface area (Å²) in [6.07, 6.45) is 11.3. The van der Waals surface area contributed by atoms with Crippen molar-refractivity contribution in [3.63, 3.8) is 0 Å². The topological polar surface area (TPSA) is 84.9 Å². The summed E-state index contributed by atoms with van der Waals surface area (Å²) in [4.78, 5) is 15.3. The van der Waals surface area contributed by atoms with E-state index >= 15 is 0 Å². The Labute approximate surface area is 241 Å². The molecule has 6 rings (SSSR count). The Morgan fingerprint density at radius 2 is 1.98 bits per heavy atom. The van der Waals surface area contributed by atoms with Crippen molar-refractivity contribution in [2.24, 2.45) is 11.8 Å². The van der Waals surface area contributed by atoms with Gasteiger partial charge in [0.15, 0.2) is 0 Å². The summed E-state index contributed by atoms with van der Waals surface area (Å²) in [7, 11) is -4.14. The summed E-state index contributed by atoms with van der Waals surface area (Å²) in [6.45, 7) is 5.36. The van der Waals surface area contributed by atoms with Gasteiger partial charge in [-0.2, -0.15) is 0 Å². The van der Waals surface area contributed by atoms with Crippen molar-refractivity contribution in [1.82, 2.24) is 4.72 Å². The summed E-state index contributed by atoms with van der Waals surface area (Å²) in [5.41, 5.74) is 1.72. The van der Waals surface area contributed by atoms with E-state index in [-0.39, 0.29) is 16.9 Å². The van der Waals surface area contributed by atoms with Gasteiger partial charge in [0, 0.05) is 23.5 Å². The number of halogens is 1. The van der Waals surface area contributed by atoms with Crippen LogP contribution in [0.3, 0.4) is 0 Å². The Hall–Kier alpha value is -2.55. The van der Waals surface area contributed by atoms with Crippen LogP contribution in [0.5, 0.6) is 5.75 Å². The first-order valence-electron chi connectivity index (χ1n) is 14.1. The number of ether oxygens (including phenoxy) is 2. The molecule has 2 aromatic rings. The normalized spacial score (nSPS) is 30.1. The monoisotopic (exact) mass is 583 g/mol. The van der Waals surface area contributed by atoms with Crippen LogP contribution < -0.4 is 14.4 Å². The molecule has 40 heavy (non-hydrogen) atoms. The van der Waals surface area contributed by atoms with Gasteiger partial charge in [-0.15, -0.1) is 0 Å². The predicted molar refractivity (Wildman–Crippen MR) is 155 cm³/mol. The Balaban J connectivity index is 1.43. The second-order valence-corrected chi connectivity index (χ2v) is 14.2. The van der Waals surface area contributed by atoms with Gasteiger partial charge in [-0.3, -0.25) is 4.79 Å². The number of nitrogens with zero attached hydrogens (tertiary/aromatic N) is 1. The average Bonchev–Trinajstić information content (AvgIpc) is 3.05. The molecule has 2 bridgehead atoms. The zero-order chi connectivity index (χ0) is 28.1. The number of nitrogens with one attached hydrogen (secondary N) is 1. The van der Waals surface area contributed by atoms with E-state index < -0.39 is 21.5 Å². The molecule has 1 amide bonds. The Bertz CT molecular complexity index is 1460. The fourth-order valence-corrected chi connectivity index (χ4v) is 7.84. The third-order valence-electron chi connectivity index (χ3n) is 9.06. The molecule has 0 aromatic heterocycles. The summed E-state index contributed by atoms with van der Waals surface area (Å²) in [5, 5.41) is 0.741. The lowest BCUT2D eigenvalue weighted by molar-refractivity contribution is -0.139. The predicted octanol–water partition coefficient (Wildman–Crippen LogP) is 5.21. The van der Waals surface area contributed by atoms with Gasteiger partial charge in [0.05, 0.1) is 23.8 Å². The van der Waals surface area contributed by atoms with E-state index in [1.165, 1.54) is 17.2 Å². The molecule has 1 spiro atoms. The second kappa shape index (κ2) is 10.4. The van der Waals surface area contributed by atoms with Gasteiger partial charge in [-0.05, 0) is 106 Å². The first-order chi connectivity index (χ1) is 19.1. The molecule has 1 fully saturated rings. The van der Waals surface area contributed by atoms with Crippen molar-refractivity contribution in [3.05, 3.63) is 71.1 Å². The van der Waals surface area contributed by atoms with Crippen molar-refractivity contribution >= 4 is 33.2 Å². The maximum absolute atomic E-state index is 13.4. The number of benzene rings is 2. The number of fused-ring (bicyclic) bond motifs is 4. The molecule has 2 aliphatic carbocycles. The van der Waals surface area contributed by atoms with Crippen LogP contribution in [0.25, 0.3) is 0 Å². The fraction of sp³-hybridized carbons (Fsp3) is 0.484. The average molecular weight is 584 g/mol. The Morgan fingerprint density at radius 1 is 1.12 bits per heavy atom. The molecule has 1 N–H and O–H groups in total. The lowest BCUT2D eigenvalue weighted by Crippen LogP contribution is -2.48. The number of sulfonamides is 1. The van der Waals surface area contributed by atoms with E-state index in [9.17, 15) is 13.2 Å². The van der Waals surface area contributed by atoms with Crippen LogP contribution in [-0.4, -0.2) is 46.2 Å². The second-order valence-electron chi connectivity index (χ2n) is 12.1. The van der Waals surface area contributed by atoms with Gasteiger partial charge in [0.1, 0.15) is 11.4 Å². The summed E-state index contributed by atoms with van der Waals surface area (Å²) >= 11 is 6.37. The minimum atomic E-state index is -4.14. The molecule has 2 aromatic carbocycles. The zero-order valence-electron chi connectivity index (χ0n) is 23.0. The highest BCUT2D eigenvalue weighted by atomic mass is 35.5. The van der Waals surface area contributed by atoms with Crippen LogP contribution in [0.2, 0.25) is 5.02 Å². The highest BCUT2D eigenvalue weighted by molar-refractivity contribution is 7.90. The first kappa shape index (κ1) is 27.6. The number of hydrogen-bond donors (Lipinski definition) is 1. The number of allylic oxidation sites excluding steroid dienone is 1. The van der Waals surface area contributed by atoms with Gasteiger partial charge >= 0.3 is 0 Å². The number of aryl methyl sites for hydroxylation is 1. The molecular weight excluding hydrogens is 548 g/mol. The molecule has 2 heterocycles. The van der Waals surface area contributed by atoms with E-state index in [0.717, 1.165) is 49.4 Å². The van der Waals surface area contributed by atoms with Gasteiger partial charge in [0.2, 0.25) is 0 Å². The van der Waals surface area contributed by atoms with Crippen molar-refractivity contribution < 1.29 is 22.7 Å². The molecule has 1 radical (unpaired) electrons. The minimum absolute atomic E-state index is 0.0273. The lowest BCUT2D eigenvalue weighted by Gasteiger charge is -2.44. The molecule has 1 saturated carbocycles. The third kappa shape index (κ3) is 5.14. The SMILES string of the molecule is CC1(C)OC/C=C/[CH][C@@H]2CC[C@H]2CN2C[C@@]3(CCCc4cc(Cl)ccc43)COc3ccc(cc32)S(=O)(=O)NC1=O. The number of rotatable bonds is 0. The summed E-state index contributed by atoms with van der Waals surface area (Å²) < 4.78 is 41.3. The molecular formula is C31H36ClN2O5S. The maximum Gasteiger partial charge on any atom is 0.265 e. The molecule has 3 atom stereocenters. The van der Waals surface area contributed by atoms with Crippen molar-refractivity contribution in [3.8, 4) is 5.75 Å². The van der Waals surface area contributed by atoms with Crippen LogP contribution in [0.15, 0.2) is 53.4 Å². The number of carbonyl (C=O) groups is 1. The first-order valence-corrected chi connectivity index (χ1v) is 15.9. The summed E-state index contributed by atoms with van der Waals surface area (Å²) in [6, 6.07) is 11.1. The highest BCUT2D eigenvalue weighted by Crippen LogP contribution is 2.46. The standard InChI is InChI=1S/C31H36ClN2O5S/c1-30(2)29(35)33-40(36,37)25-11-13-28-27(17-25)34(18-23-9-8-21(23)6-3-4-15-39-30)19-31(20-38-28)14-5-7-22-16-24(32)10-12-26(22)31/h3-4,6,10-13,16-17,21,23H,5,7-9,14-15,18-20H2,1-2H3,(H,33,35)/b4-3+/t21-,23+,31+/m1/s1. The molecule has 7 nitrogen and oxygen atoms in total. The van der Waals surface area contributed by atoms with Gasteiger partial charge in [0.25, 0.3) is 15.9 Å². The highest BCUT2D eigenvalue weighted by Gasteiger charge is 2.43. The van der Waals surface area contributed by atoms with Crippen LogP contribution in [-0.2, 0) is 31.4 Å². The van der Waals surface area contributed by atoms with Crippen LogP contribution in [0.1, 0.15) is 50.7 Å². The van der Waals surface area contributed by atoms with Crippen molar-refractivity contribution in [2.45, 2.75) is 61.9 Å². The van der Waals surface area contributed by atoms with Gasteiger partial charge in [-0.1, -0.05) is 29.8 Å². The van der Waals surface area contributed by atoms with E-state index in [1.807, 2.05) is 18.2 Å². The molecule has 4 aliphatic rings. The van der Waals surface area contributed by atoms with Gasteiger partial charge < -0.3 is 14.4 Å². The number of anilines is 1. The number of carbonyl (C=O) groups excluding carboxylic acids is 1. The molecule has 2 aliphatic heterocycles. The van der Waals surface area contributed by atoms with Crippen LogP contribution in [0.4, 0.5) is 5.69 Å². The largest absolute Gasteiger partial charge is 0.490 e. The van der Waals surface area contributed by atoms with Gasteiger partial charge in [-0.25, -0.2) is 13.1 Å². The Morgan fingerprint density at radius 3 is 2.77 bits per heavy atom. The van der Waals surface area contributed by atoms with E-state index in [2.05, 4.69) is 28.2 Å². The number of amides is 1. The minimum Gasteiger partial charge on any atom is -0.490 e. The third-order valence-corrected chi connectivity index (χ3v) is 10.6. The van der Waals surface area contributed by atoms with Crippen molar-refractivity contribution in [2.75, 3.05) is 31.2 Å². The van der Waals surface area contributed by atoms with Crippen LogP contribution >= 0.6 is 11.6 Å². The molecule has 9 heteroatoms.